The van der Waals surface area contributed by atoms with Gasteiger partial charge in [0.15, 0.2) is 0 Å². The molecule has 27 heavy (non-hydrogen) atoms. The zero-order valence-corrected chi connectivity index (χ0v) is 15.2. The summed E-state index contributed by atoms with van der Waals surface area (Å²) in [5.41, 5.74) is 1.63. The van der Waals surface area contributed by atoms with Gasteiger partial charge in [0.05, 0.1) is 6.61 Å². The van der Waals surface area contributed by atoms with Crippen molar-refractivity contribution in [2.45, 2.75) is 32.2 Å². The van der Waals surface area contributed by atoms with Gasteiger partial charge < -0.3 is 14.7 Å². The second kappa shape index (κ2) is 7.59. The van der Waals surface area contributed by atoms with E-state index in [2.05, 4.69) is 0 Å². The number of aromatic hydroxyl groups is 1. The average molecular weight is 369 g/mol. The number of phenolic OH excluding ortho intramolecular Hbond substituents is 1. The van der Waals surface area contributed by atoms with Crippen LogP contribution >= 0.6 is 0 Å². The van der Waals surface area contributed by atoms with E-state index >= 15 is 0 Å². The minimum atomic E-state index is -0.277. The third kappa shape index (κ3) is 4.07. The Kier molecular flexibility index (Phi) is 5.01. The standard InChI is InChI=1S/C22H24FNO3/c23-18-2-1-3-20(10-18)27-14-16-6-4-15(5-7-16)12-24-13-17-8-9-19(25)11-21(17)22(24)26/h1-3,8-11,15-16,25H,4-7,12-14H2. The summed E-state index contributed by atoms with van der Waals surface area (Å²) in [6, 6.07) is 11.3. The van der Waals surface area contributed by atoms with Gasteiger partial charge in [-0.25, -0.2) is 4.39 Å². The van der Waals surface area contributed by atoms with Gasteiger partial charge in [0.2, 0.25) is 0 Å². The van der Waals surface area contributed by atoms with E-state index in [1.54, 1.807) is 24.3 Å². The summed E-state index contributed by atoms with van der Waals surface area (Å²) in [5.74, 6) is 1.46. The Morgan fingerprint density at radius 3 is 2.63 bits per heavy atom. The molecule has 4 rings (SSSR count). The molecule has 5 heteroatoms. The van der Waals surface area contributed by atoms with Crippen LogP contribution in [0.15, 0.2) is 42.5 Å². The number of hydrogen-bond acceptors (Lipinski definition) is 3. The maximum Gasteiger partial charge on any atom is 0.254 e. The van der Waals surface area contributed by atoms with Crippen LogP contribution in [0, 0.1) is 17.7 Å². The van der Waals surface area contributed by atoms with Crippen molar-refractivity contribution in [3.63, 3.8) is 0 Å². The summed E-state index contributed by atoms with van der Waals surface area (Å²) in [5, 5.41) is 9.60. The van der Waals surface area contributed by atoms with Gasteiger partial charge in [0, 0.05) is 24.7 Å². The van der Waals surface area contributed by atoms with Gasteiger partial charge in [-0.2, -0.15) is 0 Å². The first-order valence-electron chi connectivity index (χ1n) is 9.58. The number of amides is 1. The third-order valence-corrected chi connectivity index (χ3v) is 5.70. The minimum absolute atomic E-state index is 0.0254. The minimum Gasteiger partial charge on any atom is -0.508 e. The second-order valence-electron chi connectivity index (χ2n) is 7.68. The van der Waals surface area contributed by atoms with E-state index in [4.69, 9.17) is 4.74 Å². The highest BCUT2D eigenvalue weighted by Gasteiger charge is 2.31. The van der Waals surface area contributed by atoms with E-state index in [9.17, 15) is 14.3 Å². The zero-order chi connectivity index (χ0) is 18.8. The molecule has 1 amide bonds. The summed E-state index contributed by atoms with van der Waals surface area (Å²) >= 11 is 0. The molecule has 0 radical (unpaired) electrons. The van der Waals surface area contributed by atoms with E-state index in [0.29, 0.717) is 36.3 Å². The van der Waals surface area contributed by atoms with Crippen molar-refractivity contribution in [2.24, 2.45) is 11.8 Å². The fraction of sp³-hybridized carbons (Fsp3) is 0.409. The lowest BCUT2D eigenvalue weighted by atomic mass is 9.82. The Morgan fingerprint density at radius 1 is 1.07 bits per heavy atom. The van der Waals surface area contributed by atoms with Crippen LogP contribution in [0.5, 0.6) is 11.5 Å². The van der Waals surface area contributed by atoms with E-state index in [1.807, 2.05) is 11.0 Å². The molecule has 1 saturated carbocycles. The van der Waals surface area contributed by atoms with Crippen molar-refractivity contribution in [2.75, 3.05) is 13.2 Å². The Hall–Kier alpha value is -2.56. The number of rotatable bonds is 5. The quantitative estimate of drug-likeness (QED) is 0.851. The van der Waals surface area contributed by atoms with Crippen molar-refractivity contribution < 1.29 is 19.0 Å². The smallest absolute Gasteiger partial charge is 0.254 e. The molecule has 1 heterocycles. The number of fused-ring (bicyclic) bond motifs is 1. The number of nitrogens with zero attached hydrogens (tertiary/aromatic N) is 1. The van der Waals surface area contributed by atoms with Crippen molar-refractivity contribution in [3.05, 3.63) is 59.4 Å². The van der Waals surface area contributed by atoms with Crippen LogP contribution in [-0.2, 0) is 6.54 Å². The number of carbonyl (C=O) groups excluding carboxylic acids is 1. The van der Waals surface area contributed by atoms with Crippen LogP contribution in [0.1, 0.15) is 41.6 Å². The van der Waals surface area contributed by atoms with Crippen LogP contribution in [0.4, 0.5) is 4.39 Å². The summed E-state index contributed by atoms with van der Waals surface area (Å²) in [6.07, 6.45) is 4.27. The molecule has 2 aliphatic rings. The van der Waals surface area contributed by atoms with Crippen molar-refractivity contribution in [3.8, 4) is 11.5 Å². The Balaban J connectivity index is 1.25. The Morgan fingerprint density at radius 2 is 1.85 bits per heavy atom. The van der Waals surface area contributed by atoms with Gasteiger partial charge in [-0.15, -0.1) is 0 Å². The van der Waals surface area contributed by atoms with Crippen molar-refractivity contribution in [1.29, 1.82) is 0 Å². The highest BCUT2D eigenvalue weighted by Crippen LogP contribution is 2.33. The van der Waals surface area contributed by atoms with Crippen LogP contribution in [-0.4, -0.2) is 29.1 Å². The van der Waals surface area contributed by atoms with Gasteiger partial charge in [-0.3, -0.25) is 4.79 Å². The first-order valence-corrected chi connectivity index (χ1v) is 9.58. The SMILES string of the molecule is O=C1c2cc(O)ccc2CN1CC1CCC(COc2cccc(F)c2)CC1. The Bertz CT molecular complexity index is 830. The number of hydrogen-bond donors (Lipinski definition) is 1. The van der Waals surface area contributed by atoms with Gasteiger partial charge in [0.1, 0.15) is 17.3 Å². The second-order valence-corrected chi connectivity index (χ2v) is 7.68. The van der Waals surface area contributed by atoms with Crippen LogP contribution in [0.2, 0.25) is 0 Å². The molecule has 1 aliphatic carbocycles. The average Bonchev–Trinajstić information content (AvgIpc) is 2.97. The van der Waals surface area contributed by atoms with E-state index in [0.717, 1.165) is 37.8 Å². The number of carbonyl (C=O) groups is 1. The summed E-state index contributed by atoms with van der Waals surface area (Å²) in [6.45, 7) is 2.02. The molecule has 0 aromatic heterocycles. The van der Waals surface area contributed by atoms with Crippen LogP contribution in [0.3, 0.4) is 0 Å². The monoisotopic (exact) mass is 369 g/mol. The van der Waals surface area contributed by atoms with Crippen LogP contribution < -0.4 is 4.74 Å². The highest BCUT2D eigenvalue weighted by molar-refractivity contribution is 5.98. The molecule has 0 atom stereocenters. The van der Waals surface area contributed by atoms with Gasteiger partial charge in [-0.05, 0) is 67.3 Å². The fourth-order valence-electron chi connectivity index (χ4n) is 4.16. The number of halogens is 1. The number of ether oxygens (including phenoxy) is 1. The van der Waals surface area contributed by atoms with Gasteiger partial charge in [0.25, 0.3) is 5.91 Å². The molecule has 1 fully saturated rings. The van der Waals surface area contributed by atoms with Gasteiger partial charge >= 0.3 is 0 Å². The molecular weight excluding hydrogens is 345 g/mol. The Labute approximate surface area is 158 Å². The summed E-state index contributed by atoms with van der Waals surface area (Å²) in [7, 11) is 0. The van der Waals surface area contributed by atoms with Crippen molar-refractivity contribution >= 4 is 5.91 Å². The normalized spacial score (nSPS) is 22.0. The largest absolute Gasteiger partial charge is 0.508 e. The fourth-order valence-corrected chi connectivity index (χ4v) is 4.16. The molecule has 0 spiro atoms. The molecule has 2 aromatic carbocycles. The van der Waals surface area contributed by atoms with E-state index in [1.165, 1.54) is 12.1 Å². The predicted octanol–water partition coefficient (Wildman–Crippen LogP) is 4.37. The molecule has 2 aromatic rings. The van der Waals surface area contributed by atoms with Crippen molar-refractivity contribution in [1.82, 2.24) is 4.90 Å². The topological polar surface area (TPSA) is 49.8 Å². The molecule has 1 aliphatic heterocycles. The number of benzene rings is 2. The van der Waals surface area contributed by atoms with Gasteiger partial charge in [-0.1, -0.05) is 12.1 Å². The molecule has 0 bridgehead atoms. The molecule has 0 saturated heterocycles. The maximum atomic E-state index is 13.2. The maximum absolute atomic E-state index is 13.2. The first-order chi connectivity index (χ1) is 13.1. The van der Waals surface area contributed by atoms with Crippen LogP contribution in [0.25, 0.3) is 0 Å². The summed E-state index contributed by atoms with van der Waals surface area (Å²) in [4.78, 5) is 14.4. The highest BCUT2D eigenvalue weighted by atomic mass is 19.1. The molecular formula is C22H24FNO3. The number of phenols is 1. The summed E-state index contributed by atoms with van der Waals surface area (Å²) < 4.78 is 18.9. The first kappa shape index (κ1) is 17.8. The lowest BCUT2D eigenvalue weighted by molar-refractivity contribution is 0.0721. The predicted molar refractivity (Wildman–Crippen MR) is 100 cm³/mol. The lowest BCUT2D eigenvalue weighted by Crippen LogP contribution is -2.32. The lowest BCUT2D eigenvalue weighted by Gasteiger charge is -2.31. The molecule has 4 nitrogen and oxygen atoms in total. The molecule has 1 N–H and O–H groups in total. The van der Waals surface area contributed by atoms with E-state index in [-0.39, 0.29) is 17.5 Å². The molecule has 0 unspecified atom stereocenters. The third-order valence-electron chi connectivity index (χ3n) is 5.70. The zero-order valence-electron chi connectivity index (χ0n) is 15.2. The molecule has 142 valence electrons. The van der Waals surface area contributed by atoms with E-state index < -0.39 is 0 Å².